The van der Waals surface area contributed by atoms with Gasteiger partial charge in [0.05, 0.1) is 5.41 Å². The first-order valence-corrected chi connectivity index (χ1v) is 7.22. The Morgan fingerprint density at radius 1 is 1.10 bits per heavy atom. The lowest BCUT2D eigenvalue weighted by Gasteiger charge is -2.71. The smallest absolute Gasteiger partial charge is 0.309 e. The first-order valence-electron chi connectivity index (χ1n) is 7.22. The second-order valence-corrected chi connectivity index (χ2v) is 6.94. The summed E-state index contributed by atoms with van der Waals surface area (Å²) in [6, 6.07) is 5.49. The predicted molar refractivity (Wildman–Crippen MR) is 72.2 cm³/mol. The molecule has 0 aliphatic heterocycles. The molecule has 0 atom stereocenters. The number of amides is 1. The Morgan fingerprint density at radius 2 is 1.67 bits per heavy atom. The molecule has 0 radical (unpaired) electrons. The molecule has 1 aromatic rings. The molecular formula is C16H16FNO3. The molecule has 0 spiro atoms. The highest BCUT2D eigenvalue weighted by Gasteiger charge is 2.81. The molecule has 4 aliphatic carbocycles. The molecular weight excluding hydrogens is 273 g/mol. The van der Waals surface area contributed by atoms with Crippen LogP contribution in [0.15, 0.2) is 24.3 Å². The molecule has 21 heavy (non-hydrogen) atoms. The highest BCUT2D eigenvalue weighted by atomic mass is 19.1. The minimum absolute atomic E-state index is 0.0128. The van der Waals surface area contributed by atoms with Crippen LogP contribution in [0.5, 0.6) is 0 Å². The Morgan fingerprint density at radius 3 is 2.14 bits per heavy atom. The fourth-order valence-electron chi connectivity index (χ4n) is 4.33. The van der Waals surface area contributed by atoms with Gasteiger partial charge in [0.1, 0.15) is 5.82 Å². The molecule has 2 bridgehead atoms. The van der Waals surface area contributed by atoms with Gasteiger partial charge in [-0.15, -0.1) is 0 Å². The maximum atomic E-state index is 12.9. The van der Waals surface area contributed by atoms with Gasteiger partial charge in [0.25, 0.3) is 5.91 Å². The maximum Gasteiger partial charge on any atom is 0.309 e. The summed E-state index contributed by atoms with van der Waals surface area (Å²) in [6.45, 7) is 0. The Hall–Kier alpha value is -1.91. The number of rotatable bonds is 4. The summed E-state index contributed by atoms with van der Waals surface area (Å²) in [5.41, 5.74) is -0.311. The Labute approximate surface area is 121 Å². The SMILES string of the molecule is O=C(NC1(C23CC(C(=O)O)(C2)C3)CC1)c1ccc(F)cc1. The zero-order valence-corrected chi connectivity index (χ0v) is 11.5. The van der Waals surface area contributed by atoms with Crippen LogP contribution in [-0.2, 0) is 4.79 Å². The summed E-state index contributed by atoms with van der Waals surface area (Å²) in [6.07, 6.45) is 3.86. The molecule has 0 saturated heterocycles. The molecule has 0 heterocycles. The van der Waals surface area contributed by atoms with E-state index in [1.54, 1.807) is 0 Å². The number of carboxylic acids is 1. The van der Waals surface area contributed by atoms with E-state index in [9.17, 15) is 19.1 Å². The van der Waals surface area contributed by atoms with Gasteiger partial charge in [-0.25, -0.2) is 4.39 Å². The molecule has 1 amide bonds. The van der Waals surface area contributed by atoms with Crippen molar-refractivity contribution in [3.63, 3.8) is 0 Å². The summed E-state index contributed by atoms with van der Waals surface area (Å²) in [7, 11) is 0. The summed E-state index contributed by atoms with van der Waals surface area (Å²) in [5.74, 6) is -1.26. The van der Waals surface area contributed by atoms with Gasteiger partial charge in [-0.2, -0.15) is 0 Å². The van der Waals surface area contributed by atoms with E-state index < -0.39 is 11.4 Å². The summed E-state index contributed by atoms with van der Waals surface area (Å²) in [4.78, 5) is 23.5. The molecule has 2 N–H and O–H groups in total. The first-order chi connectivity index (χ1) is 9.90. The van der Waals surface area contributed by atoms with Gasteiger partial charge >= 0.3 is 5.97 Å². The van der Waals surface area contributed by atoms with Crippen molar-refractivity contribution in [3.05, 3.63) is 35.6 Å². The van der Waals surface area contributed by atoms with Crippen LogP contribution in [0.25, 0.3) is 0 Å². The summed E-state index contributed by atoms with van der Waals surface area (Å²) in [5, 5.41) is 12.3. The number of halogens is 1. The topological polar surface area (TPSA) is 66.4 Å². The zero-order valence-electron chi connectivity index (χ0n) is 11.5. The maximum absolute atomic E-state index is 12.9. The molecule has 5 rings (SSSR count). The Balaban J connectivity index is 1.47. The number of carbonyl (C=O) groups is 2. The molecule has 1 aromatic carbocycles. The zero-order chi connectivity index (χ0) is 14.9. The van der Waals surface area contributed by atoms with Crippen molar-refractivity contribution in [2.24, 2.45) is 10.8 Å². The van der Waals surface area contributed by atoms with Crippen LogP contribution in [0.3, 0.4) is 0 Å². The lowest BCUT2D eigenvalue weighted by molar-refractivity contribution is -0.236. The van der Waals surface area contributed by atoms with Gasteiger partial charge in [-0.1, -0.05) is 0 Å². The van der Waals surface area contributed by atoms with Crippen LogP contribution in [0.2, 0.25) is 0 Å². The van der Waals surface area contributed by atoms with Crippen molar-refractivity contribution in [3.8, 4) is 0 Å². The number of benzene rings is 1. The van der Waals surface area contributed by atoms with E-state index in [4.69, 9.17) is 0 Å². The van der Waals surface area contributed by atoms with Gasteiger partial charge in [0, 0.05) is 11.1 Å². The predicted octanol–water partition coefficient (Wildman–Crippen LogP) is 2.34. The second-order valence-electron chi connectivity index (χ2n) is 6.94. The minimum atomic E-state index is -0.704. The fourth-order valence-corrected chi connectivity index (χ4v) is 4.33. The van der Waals surface area contributed by atoms with E-state index in [1.165, 1.54) is 24.3 Å². The summed E-state index contributed by atoms with van der Waals surface area (Å²) < 4.78 is 12.9. The van der Waals surface area contributed by atoms with Crippen LogP contribution in [0.1, 0.15) is 42.5 Å². The standard InChI is InChI=1S/C16H16FNO3/c17-11-3-1-10(2-4-11)12(19)18-16(5-6-16)15-7-14(8-15,9-15)13(20)21/h1-4H,5-9H2,(H,18,19)(H,20,21). The molecule has 4 fully saturated rings. The largest absolute Gasteiger partial charge is 0.481 e. The Bertz CT molecular complexity index is 628. The molecule has 4 saturated carbocycles. The number of hydrogen-bond acceptors (Lipinski definition) is 2. The van der Waals surface area contributed by atoms with Gasteiger partial charge in [-0.3, -0.25) is 9.59 Å². The number of carbonyl (C=O) groups excluding carboxylic acids is 1. The van der Waals surface area contributed by atoms with Crippen molar-refractivity contribution < 1.29 is 19.1 Å². The van der Waals surface area contributed by atoms with Crippen molar-refractivity contribution >= 4 is 11.9 Å². The molecule has 110 valence electrons. The highest BCUT2D eigenvalue weighted by molar-refractivity contribution is 5.95. The molecule has 5 heteroatoms. The van der Waals surface area contributed by atoms with Crippen molar-refractivity contribution in [2.75, 3.05) is 0 Å². The van der Waals surface area contributed by atoms with E-state index in [-0.39, 0.29) is 22.7 Å². The van der Waals surface area contributed by atoms with Crippen molar-refractivity contribution in [2.45, 2.75) is 37.6 Å². The number of hydrogen-bond donors (Lipinski definition) is 2. The van der Waals surface area contributed by atoms with Crippen LogP contribution in [0.4, 0.5) is 4.39 Å². The van der Waals surface area contributed by atoms with E-state index >= 15 is 0 Å². The van der Waals surface area contributed by atoms with Crippen LogP contribution in [-0.4, -0.2) is 22.5 Å². The monoisotopic (exact) mass is 289 g/mol. The van der Waals surface area contributed by atoms with Gasteiger partial charge < -0.3 is 10.4 Å². The number of nitrogens with one attached hydrogen (secondary N) is 1. The lowest BCUT2D eigenvalue weighted by Crippen LogP contribution is -2.73. The molecule has 4 aliphatic rings. The third-order valence-corrected chi connectivity index (χ3v) is 5.71. The van der Waals surface area contributed by atoms with Crippen molar-refractivity contribution in [1.29, 1.82) is 0 Å². The number of aliphatic carboxylic acids is 1. The van der Waals surface area contributed by atoms with Gasteiger partial charge in [0.15, 0.2) is 0 Å². The van der Waals surface area contributed by atoms with E-state index in [2.05, 4.69) is 5.32 Å². The third kappa shape index (κ3) is 1.54. The lowest BCUT2D eigenvalue weighted by atomic mass is 9.32. The van der Waals surface area contributed by atoms with E-state index in [0.717, 1.165) is 12.8 Å². The highest BCUT2D eigenvalue weighted by Crippen LogP contribution is 2.81. The fraction of sp³-hybridized carbons (Fsp3) is 0.500. The summed E-state index contributed by atoms with van der Waals surface area (Å²) >= 11 is 0. The molecule has 0 aromatic heterocycles. The van der Waals surface area contributed by atoms with Crippen LogP contribution in [0, 0.1) is 16.6 Å². The van der Waals surface area contributed by atoms with Gasteiger partial charge in [0.2, 0.25) is 0 Å². The third-order valence-electron chi connectivity index (χ3n) is 5.71. The molecule has 4 nitrogen and oxygen atoms in total. The number of carboxylic acid groups (broad SMARTS) is 1. The Kier molecular flexibility index (Phi) is 2.22. The van der Waals surface area contributed by atoms with Crippen LogP contribution >= 0.6 is 0 Å². The minimum Gasteiger partial charge on any atom is -0.481 e. The first kappa shape index (κ1) is 12.8. The normalized spacial score (nSPS) is 34.3. The van der Waals surface area contributed by atoms with Crippen molar-refractivity contribution in [1.82, 2.24) is 5.32 Å². The van der Waals surface area contributed by atoms with Crippen LogP contribution < -0.4 is 5.32 Å². The average Bonchev–Trinajstić information content (AvgIpc) is 3.06. The second kappa shape index (κ2) is 3.64. The quantitative estimate of drug-likeness (QED) is 0.894. The average molecular weight is 289 g/mol. The van der Waals surface area contributed by atoms with E-state index in [0.29, 0.717) is 24.8 Å². The van der Waals surface area contributed by atoms with E-state index in [1.807, 2.05) is 0 Å². The molecule has 0 unspecified atom stereocenters. The van der Waals surface area contributed by atoms with Gasteiger partial charge in [-0.05, 0) is 61.8 Å².